The van der Waals surface area contributed by atoms with Gasteiger partial charge >= 0.3 is 5.97 Å². The standard InChI is InChI=1S/C28H34N6O3/c1-18-8-4-5-12-34(18)13-7-11-29-26-24-25-22(16-20(17-30-25)28(35)37-3)31-27(24)33-23(32-26)15-19-9-6-10-21(14-19)36-2/h6,9-10,14,16-18H,4-5,7-8,11-13,15H2,1-3H3,(H2,29,31,32,33). The molecule has 1 aliphatic heterocycles. The molecule has 1 aliphatic rings. The van der Waals surface area contributed by atoms with Crippen LogP contribution in [0.15, 0.2) is 36.5 Å². The van der Waals surface area contributed by atoms with Gasteiger partial charge in [-0.1, -0.05) is 18.6 Å². The van der Waals surface area contributed by atoms with Gasteiger partial charge in [-0.2, -0.15) is 0 Å². The van der Waals surface area contributed by atoms with Crippen LogP contribution in [-0.4, -0.2) is 70.7 Å². The fourth-order valence-electron chi connectivity index (χ4n) is 5.09. The van der Waals surface area contributed by atoms with Crippen LogP contribution < -0.4 is 10.1 Å². The number of esters is 1. The lowest BCUT2D eigenvalue weighted by Crippen LogP contribution is -2.38. The molecule has 0 radical (unpaired) electrons. The van der Waals surface area contributed by atoms with E-state index in [1.54, 1.807) is 13.2 Å². The third-order valence-corrected chi connectivity index (χ3v) is 7.11. The highest BCUT2D eigenvalue weighted by Gasteiger charge is 2.19. The molecule has 5 rings (SSSR count). The Kier molecular flexibility index (Phi) is 7.50. The summed E-state index contributed by atoms with van der Waals surface area (Å²) in [5, 5.41) is 4.39. The maximum Gasteiger partial charge on any atom is 0.339 e. The van der Waals surface area contributed by atoms with Crippen LogP contribution in [0.3, 0.4) is 0 Å². The summed E-state index contributed by atoms with van der Waals surface area (Å²) in [5.74, 6) is 1.81. The Hall–Kier alpha value is -3.72. The van der Waals surface area contributed by atoms with Crippen molar-refractivity contribution < 1.29 is 14.3 Å². The van der Waals surface area contributed by atoms with Gasteiger partial charge in [0, 0.05) is 31.7 Å². The van der Waals surface area contributed by atoms with E-state index in [1.807, 2.05) is 24.3 Å². The lowest BCUT2D eigenvalue weighted by molar-refractivity contribution is 0.0600. The molecule has 0 amide bonds. The van der Waals surface area contributed by atoms with Gasteiger partial charge in [-0.25, -0.2) is 14.8 Å². The number of aromatic amines is 1. The zero-order valence-electron chi connectivity index (χ0n) is 21.7. The Labute approximate surface area is 216 Å². The van der Waals surface area contributed by atoms with Crippen LogP contribution in [0, 0.1) is 0 Å². The SMILES string of the molecule is COC(=O)c1cnc2c(c1)[nH]c1nc(Cc3cccc(OC)c3)nc(NCCCN3CCCCC3C)c12. The van der Waals surface area contributed by atoms with Gasteiger partial charge in [0.05, 0.1) is 30.7 Å². The van der Waals surface area contributed by atoms with Crippen LogP contribution in [-0.2, 0) is 11.2 Å². The number of nitrogens with one attached hydrogen (secondary N) is 2. The van der Waals surface area contributed by atoms with Crippen LogP contribution in [0.1, 0.15) is 54.4 Å². The lowest BCUT2D eigenvalue weighted by atomic mass is 10.0. The third-order valence-electron chi connectivity index (χ3n) is 7.11. The number of hydrogen-bond donors (Lipinski definition) is 2. The molecule has 3 aromatic heterocycles. The number of carbonyl (C=O) groups is 1. The van der Waals surface area contributed by atoms with Crippen molar-refractivity contribution in [1.29, 1.82) is 0 Å². The second-order valence-corrected chi connectivity index (χ2v) is 9.64. The average Bonchev–Trinajstić information content (AvgIpc) is 3.29. The van der Waals surface area contributed by atoms with Crippen molar-refractivity contribution in [3.63, 3.8) is 0 Å². The molecule has 4 heterocycles. The fraction of sp³-hybridized carbons (Fsp3) is 0.429. The van der Waals surface area contributed by atoms with Gasteiger partial charge in [-0.15, -0.1) is 0 Å². The minimum atomic E-state index is -0.428. The summed E-state index contributed by atoms with van der Waals surface area (Å²) in [5.41, 5.74) is 3.57. The maximum absolute atomic E-state index is 12.0. The molecule has 0 aliphatic carbocycles. The summed E-state index contributed by atoms with van der Waals surface area (Å²) in [6, 6.07) is 10.3. The van der Waals surface area contributed by atoms with E-state index in [0.29, 0.717) is 29.5 Å². The quantitative estimate of drug-likeness (QED) is 0.253. The molecule has 1 atom stereocenters. The summed E-state index contributed by atoms with van der Waals surface area (Å²) < 4.78 is 10.2. The molecule has 1 unspecified atom stereocenters. The number of anilines is 1. The zero-order valence-corrected chi connectivity index (χ0v) is 21.7. The van der Waals surface area contributed by atoms with Gasteiger partial charge < -0.3 is 24.7 Å². The molecule has 2 N–H and O–H groups in total. The zero-order chi connectivity index (χ0) is 25.8. The Morgan fingerprint density at radius 2 is 2.11 bits per heavy atom. The van der Waals surface area contributed by atoms with Gasteiger partial charge in [0.2, 0.25) is 0 Å². The number of methoxy groups -OCH3 is 2. The van der Waals surface area contributed by atoms with Crippen LogP contribution in [0.5, 0.6) is 5.75 Å². The molecule has 194 valence electrons. The summed E-state index contributed by atoms with van der Waals surface area (Å²) in [6.07, 6.45) is 7.00. The van der Waals surface area contributed by atoms with Crippen molar-refractivity contribution in [3.8, 4) is 5.75 Å². The predicted molar refractivity (Wildman–Crippen MR) is 144 cm³/mol. The first-order valence-corrected chi connectivity index (χ1v) is 12.9. The highest BCUT2D eigenvalue weighted by atomic mass is 16.5. The Morgan fingerprint density at radius 3 is 2.92 bits per heavy atom. The lowest BCUT2D eigenvalue weighted by Gasteiger charge is -2.33. The summed E-state index contributed by atoms with van der Waals surface area (Å²) in [4.78, 5) is 32.3. The predicted octanol–water partition coefficient (Wildman–Crippen LogP) is 4.57. The van der Waals surface area contributed by atoms with E-state index < -0.39 is 5.97 Å². The number of aromatic nitrogens is 4. The van der Waals surface area contributed by atoms with Crippen LogP contribution >= 0.6 is 0 Å². The number of rotatable bonds is 9. The van der Waals surface area contributed by atoms with Crippen molar-refractivity contribution >= 4 is 33.9 Å². The largest absolute Gasteiger partial charge is 0.497 e. The molecule has 9 heteroatoms. The minimum absolute atomic E-state index is 0.385. The van der Waals surface area contributed by atoms with Crippen molar-refractivity contribution in [3.05, 3.63) is 53.5 Å². The Bertz CT molecular complexity index is 1400. The molecular weight excluding hydrogens is 468 g/mol. The summed E-state index contributed by atoms with van der Waals surface area (Å²) in [7, 11) is 3.02. The number of H-pyrrole nitrogens is 1. The number of carbonyl (C=O) groups excluding carboxylic acids is 1. The van der Waals surface area contributed by atoms with E-state index >= 15 is 0 Å². The second-order valence-electron chi connectivity index (χ2n) is 9.64. The summed E-state index contributed by atoms with van der Waals surface area (Å²) >= 11 is 0. The fourth-order valence-corrected chi connectivity index (χ4v) is 5.09. The Morgan fingerprint density at radius 1 is 1.22 bits per heavy atom. The minimum Gasteiger partial charge on any atom is -0.497 e. The third kappa shape index (κ3) is 5.51. The molecule has 9 nitrogen and oxygen atoms in total. The van der Waals surface area contributed by atoms with E-state index in [2.05, 4.69) is 27.1 Å². The van der Waals surface area contributed by atoms with Crippen molar-refractivity contribution in [2.24, 2.45) is 0 Å². The normalized spacial score (nSPS) is 16.2. The molecule has 0 saturated carbocycles. The van der Waals surface area contributed by atoms with Gasteiger partial charge in [-0.3, -0.25) is 4.98 Å². The van der Waals surface area contributed by atoms with Gasteiger partial charge in [-0.05, 0) is 56.5 Å². The van der Waals surface area contributed by atoms with Crippen LogP contribution in [0.2, 0.25) is 0 Å². The molecular formula is C28H34N6O3. The van der Waals surface area contributed by atoms with Crippen molar-refractivity contribution in [2.75, 3.05) is 39.2 Å². The molecule has 1 aromatic carbocycles. The van der Waals surface area contributed by atoms with Crippen molar-refractivity contribution in [1.82, 2.24) is 24.8 Å². The number of nitrogens with zero attached hydrogens (tertiary/aromatic N) is 4. The second kappa shape index (κ2) is 11.1. The highest BCUT2D eigenvalue weighted by molar-refractivity contribution is 6.10. The number of pyridine rings is 1. The van der Waals surface area contributed by atoms with Gasteiger partial charge in [0.1, 0.15) is 28.6 Å². The summed E-state index contributed by atoms with van der Waals surface area (Å²) in [6.45, 7) is 5.36. The van der Waals surface area contributed by atoms with E-state index in [4.69, 9.17) is 19.4 Å². The number of hydrogen-bond acceptors (Lipinski definition) is 8. The first-order valence-electron chi connectivity index (χ1n) is 12.9. The molecule has 1 fully saturated rings. The van der Waals surface area contributed by atoms with E-state index in [9.17, 15) is 4.79 Å². The number of fused-ring (bicyclic) bond motifs is 3. The monoisotopic (exact) mass is 502 g/mol. The van der Waals surface area contributed by atoms with E-state index in [-0.39, 0.29) is 0 Å². The molecule has 0 spiro atoms. The van der Waals surface area contributed by atoms with Crippen LogP contribution in [0.25, 0.3) is 22.1 Å². The topological polar surface area (TPSA) is 105 Å². The molecule has 4 aromatic rings. The van der Waals surface area contributed by atoms with Gasteiger partial charge in [0.25, 0.3) is 0 Å². The number of benzene rings is 1. The van der Waals surface area contributed by atoms with Crippen molar-refractivity contribution in [2.45, 2.75) is 45.1 Å². The van der Waals surface area contributed by atoms with Crippen LogP contribution in [0.4, 0.5) is 5.82 Å². The Balaban J connectivity index is 1.45. The highest BCUT2D eigenvalue weighted by Crippen LogP contribution is 2.29. The molecule has 37 heavy (non-hydrogen) atoms. The average molecular weight is 503 g/mol. The number of ether oxygens (including phenoxy) is 2. The maximum atomic E-state index is 12.0. The molecule has 0 bridgehead atoms. The number of likely N-dealkylation sites (tertiary alicyclic amines) is 1. The first kappa shape index (κ1) is 25.0. The molecule has 1 saturated heterocycles. The van der Waals surface area contributed by atoms with E-state index in [1.165, 1.54) is 39.1 Å². The van der Waals surface area contributed by atoms with E-state index in [0.717, 1.165) is 53.1 Å². The number of piperidine rings is 1. The smallest absolute Gasteiger partial charge is 0.339 e. The van der Waals surface area contributed by atoms with Gasteiger partial charge in [0.15, 0.2) is 0 Å². The first-order chi connectivity index (χ1) is 18.1.